The number of aromatic nitrogens is 1. The first-order valence-electron chi connectivity index (χ1n) is 6.80. The smallest absolute Gasteiger partial charge is 0.416 e. The fourth-order valence-electron chi connectivity index (χ4n) is 2.10. The summed E-state index contributed by atoms with van der Waals surface area (Å²) in [6, 6.07) is 9.26. The molecule has 0 unspecified atom stereocenters. The number of aromatic amines is 1. The number of phenols is 2. The standard InChI is InChI=1S/C16H11F3N2O2S/c17-16(18,19)10-2-1-3-11(7-10)20-15-21-12(8-24-15)9-4-5-13(22)14(23)6-9/h1-8,22-23H,(H,20,21)/p+1. The van der Waals surface area contributed by atoms with Gasteiger partial charge in [-0.1, -0.05) is 17.4 Å². The van der Waals surface area contributed by atoms with Crippen molar-refractivity contribution in [2.75, 3.05) is 5.32 Å². The molecular formula is C16H12F3N2O2S+. The summed E-state index contributed by atoms with van der Waals surface area (Å²) >= 11 is 1.27. The Bertz CT molecular complexity index is 878. The number of hydrogen-bond acceptors (Lipinski definition) is 4. The van der Waals surface area contributed by atoms with Gasteiger partial charge in [0.2, 0.25) is 0 Å². The average Bonchev–Trinajstić information content (AvgIpc) is 2.98. The molecule has 1 heterocycles. The summed E-state index contributed by atoms with van der Waals surface area (Å²) in [5.41, 5.74) is 0.874. The molecule has 4 N–H and O–H groups in total. The van der Waals surface area contributed by atoms with E-state index < -0.39 is 11.7 Å². The van der Waals surface area contributed by atoms with Crippen LogP contribution in [-0.4, -0.2) is 10.2 Å². The molecule has 4 nitrogen and oxygen atoms in total. The Morgan fingerprint density at radius 2 is 1.79 bits per heavy atom. The zero-order chi connectivity index (χ0) is 17.3. The summed E-state index contributed by atoms with van der Waals surface area (Å²) in [4.78, 5) is 3.02. The number of benzene rings is 2. The molecule has 3 rings (SSSR count). The van der Waals surface area contributed by atoms with Crippen molar-refractivity contribution in [3.05, 3.63) is 53.4 Å². The van der Waals surface area contributed by atoms with Crippen molar-refractivity contribution >= 4 is 22.2 Å². The predicted molar refractivity (Wildman–Crippen MR) is 84.4 cm³/mol. The Labute approximate surface area is 138 Å². The third kappa shape index (κ3) is 3.43. The van der Waals surface area contributed by atoms with Crippen LogP contribution in [0.5, 0.6) is 11.5 Å². The van der Waals surface area contributed by atoms with Gasteiger partial charge in [0.05, 0.1) is 5.56 Å². The van der Waals surface area contributed by atoms with Gasteiger partial charge in [-0.2, -0.15) is 13.2 Å². The topological polar surface area (TPSA) is 66.6 Å². The highest BCUT2D eigenvalue weighted by molar-refractivity contribution is 7.13. The second kappa shape index (κ2) is 6.04. The first-order chi connectivity index (χ1) is 11.3. The van der Waals surface area contributed by atoms with E-state index >= 15 is 0 Å². The fourth-order valence-corrected chi connectivity index (χ4v) is 2.87. The number of alkyl halides is 3. The Balaban J connectivity index is 1.83. The molecule has 8 heteroatoms. The first-order valence-corrected chi connectivity index (χ1v) is 7.68. The van der Waals surface area contributed by atoms with E-state index in [2.05, 4.69) is 10.3 Å². The van der Waals surface area contributed by atoms with Crippen molar-refractivity contribution in [2.24, 2.45) is 0 Å². The van der Waals surface area contributed by atoms with Gasteiger partial charge in [-0.25, -0.2) is 10.3 Å². The van der Waals surface area contributed by atoms with Gasteiger partial charge in [-0.05, 0) is 36.4 Å². The van der Waals surface area contributed by atoms with Crippen LogP contribution in [0.3, 0.4) is 0 Å². The molecular weight excluding hydrogens is 341 g/mol. The molecule has 0 aliphatic heterocycles. The molecule has 0 radical (unpaired) electrons. The van der Waals surface area contributed by atoms with E-state index in [1.165, 1.54) is 35.6 Å². The molecule has 0 aliphatic carbocycles. The lowest BCUT2D eigenvalue weighted by atomic mass is 10.1. The van der Waals surface area contributed by atoms with Crippen molar-refractivity contribution in [3.8, 4) is 22.8 Å². The van der Waals surface area contributed by atoms with Crippen LogP contribution in [0.4, 0.5) is 24.0 Å². The number of H-pyrrole nitrogens is 1. The molecule has 24 heavy (non-hydrogen) atoms. The number of rotatable bonds is 3. The second-order valence-electron chi connectivity index (χ2n) is 5.01. The van der Waals surface area contributed by atoms with Crippen LogP contribution in [0.15, 0.2) is 47.8 Å². The van der Waals surface area contributed by atoms with Crippen molar-refractivity contribution in [3.63, 3.8) is 0 Å². The minimum absolute atomic E-state index is 0.226. The molecule has 0 atom stereocenters. The van der Waals surface area contributed by atoms with Crippen LogP contribution in [0.1, 0.15) is 5.56 Å². The number of anilines is 2. The molecule has 0 fully saturated rings. The number of phenolic OH excluding ortho intramolecular Hbond substituents is 2. The maximum absolute atomic E-state index is 12.7. The second-order valence-corrected chi connectivity index (χ2v) is 5.89. The van der Waals surface area contributed by atoms with E-state index in [0.29, 0.717) is 22.1 Å². The van der Waals surface area contributed by atoms with Crippen LogP contribution < -0.4 is 10.3 Å². The minimum Gasteiger partial charge on any atom is -0.504 e. The van der Waals surface area contributed by atoms with Gasteiger partial charge in [-0.15, -0.1) is 0 Å². The Hall–Kier alpha value is -2.74. The monoisotopic (exact) mass is 353 g/mol. The van der Waals surface area contributed by atoms with Gasteiger partial charge in [0, 0.05) is 10.9 Å². The van der Waals surface area contributed by atoms with E-state index in [9.17, 15) is 23.4 Å². The van der Waals surface area contributed by atoms with Crippen molar-refractivity contribution in [1.82, 2.24) is 0 Å². The van der Waals surface area contributed by atoms with Gasteiger partial charge in [0.15, 0.2) is 11.5 Å². The van der Waals surface area contributed by atoms with E-state index in [1.54, 1.807) is 11.4 Å². The van der Waals surface area contributed by atoms with Crippen molar-refractivity contribution < 1.29 is 28.4 Å². The summed E-state index contributed by atoms with van der Waals surface area (Å²) in [5.74, 6) is -0.476. The van der Waals surface area contributed by atoms with E-state index in [1.807, 2.05) is 0 Å². The largest absolute Gasteiger partial charge is 0.504 e. The molecule has 0 aliphatic rings. The predicted octanol–water partition coefficient (Wildman–Crippen LogP) is 4.40. The van der Waals surface area contributed by atoms with Gasteiger partial charge < -0.3 is 10.2 Å². The number of thiazole rings is 1. The van der Waals surface area contributed by atoms with Gasteiger partial charge >= 0.3 is 11.3 Å². The first kappa shape index (κ1) is 16.1. The third-order valence-corrected chi connectivity index (χ3v) is 4.07. The Morgan fingerprint density at radius 1 is 1.00 bits per heavy atom. The van der Waals surface area contributed by atoms with Crippen LogP contribution in [0.2, 0.25) is 0 Å². The zero-order valence-corrected chi connectivity index (χ0v) is 12.9. The highest BCUT2D eigenvalue weighted by Crippen LogP contribution is 2.33. The van der Waals surface area contributed by atoms with Crippen LogP contribution >= 0.6 is 11.3 Å². The lowest BCUT2D eigenvalue weighted by Gasteiger charge is -2.06. The SMILES string of the molecule is Oc1ccc(-c2csc(Nc3cccc(C(F)(F)F)c3)[nH+]2)cc1O. The summed E-state index contributed by atoms with van der Waals surface area (Å²) in [7, 11) is 0. The normalized spacial score (nSPS) is 11.5. The number of aromatic hydroxyl groups is 2. The molecule has 1 aromatic heterocycles. The molecule has 3 aromatic rings. The van der Waals surface area contributed by atoms with Crippen LogP contribution in [0, 0.1) is 0 Å². The number of halogens is 3. The van der Waals surface area contributed by atoms with E-state index in [0.717, 1.165) is 12.1 Å². The number of hydrogen-bond donors (Lipinski definition) is 3. The van der Waals surface area contributed by atoms with E-state index in [-0.39, 0.29) is 11.5 Å². The molecule has 2 aromatic carbocycles. The van der Waals surface area contributed by atoms with E-state index in [4.69, 9.17) is 0 Å². The van der Waals surface area contributed by atoms with Gasteiger partial charge in [0.25, 0.3) is 0 Å². The number of nitrogens with one attached hydrogen (secondary N) is 2. The highest BCUT2D eigenvalue weighted by Gasteiger charge is 2.30. The highest BCUT2D eigenvalue weighted by atomic mass is 32.1. The Kier molecular flexibility index (Phi) is 4.06. The Morgan fingerprint density at radius 3 is 2.50 bits per heavy atom. The molecule has 0 spiro atoms. The summed E-state index contributed by atoms with van der Waals surface area (Å²) in [6.45, 7) is 0. The zero-order valence-electron chi connectivity index (χ0n) is 12.1. The fraction of sp³-hybridized carbons (Fsp3) is 0.0625. The molecule has 0 amide bonds. The summed E-state index contributed by atoms with van der Waals surface area (Å²) in [5, 5.41) is 24.0. The van der Waals surface area contributed by atoms with Crippen molar-refractivity contribution in [1.29, 1.82) is 0 Å². The average molecular weight is 353 g/mol. The molecule has 0 bridgehead atoms. The maximum Gasteiger partial charge on any atom is 0.416 e. The van der Waals surface area contributed by atoms with Gasteiger partial charge in [-0.3, -0.25) is 0 Å². The maximum atomic E-state index is 12.7. The lowest BCUT2D eigenvalue weighted by molar-refractivity contribution is -0.340. The lowest BCUT2D eigenvalue weighted by Crippen LogP contribution is -2.09. The quantitative estimate of drug-likeness (QED) is 0.611. The van der Waals surface area contributed by atoms with Gasteiger partial charge in [0.1, 0.15) is 11.4 Å². The van der Waals surface area contributed by atoms with Crippen molar-refractivity contribution in [2.45, 2.75) is 6.18 Å². The molecule has 124 valence electrons. The summed E-state index contributed by atoms with van der Waals surface area (Å²) in [6.07, 6.45) is -4.40. The molecule has 0 saturated carbocycles. The molecule has 0 saturated heterocycles. The summed E-state index contributed by atoms with van der Waals surface area (Å²) < 4.78 is 38.2. The minimum atomic E-state index is -4.40. The third-order valence-electron chi connectivity index (χ3n) is 3.28. The van der Waals surface area contributed by atoms with Crippen LogP contribution in [-0.2, 0) is 6.18 Å². The van der Waals surface area contributed by atoms with Crippen LogP contribution in [0.25, 0.3) is 11.3 Å².